The Bertz CT molecular complexity index is 471. The van der Waals surface area contributed by atoms with Gasteiger partial charge in [-0.05, 0) is 37.5 Å². The third kappa shape index (κ3) is 2.59. The minimum atomic E-state index is -0.361. The van der Waals surface area contributed by atoms with Crippen molar-refractivity contribution in [1.82, 2.24) is 0 Å². The summed E-state index contributed by atoms with van der Waals surface area (Å²) < 4.78 is 5.77. The van der Waals surface area contributed by atoms with Crippen LogP contribution in [0.25, 0.3) is 0 Å². The van der Waals surface area contributed by atoms with Gasteiger partial charge in [-0.25, -0.2) is 0 Å². The number of carbonyl (C=O) groups is 1. The molecular weight excluding hydrogens is 240 g/mol. The number of hydrogen-bond acceptors (Lipinski definition) is 3. The van der Waals surface area contributed by atoms with Crippen molar-refractivity contribution < 1.29 is 9.53 Å². The Hall–Kier alpha value is -1.55. The molecule has 1 aliphatic heterocycles. The van der Waals surface area contributed by atoms with Crippen molar-refractivity contribution in [2.24, 2.45) is 5.73 Å². The summed E-state index contributed by atoms with van der Waals surface area (Å²) in [6.45, 7) is 6.69. The normalized spacial score (nSPS) is 19.9. The maximum absolute atomic E-state index is 12.4. The average molecular weight is 262 g/mol. The number of nitrogens with two attached hydrogens (primary N) is 1. The zero-order chi connectivity index (χ0) is 14.0. The van der Waals surface area contributed by atoms with Crippen LogP contribution in [0.3, 0.4) is 0 Å². The molecule has 1 aromatic carbocycles. The third-order valence-electron chi connectivity index (χ3n) is 3.43. The molecule has 104 valence electrons. The third-order valence-corrected chi connectivity index (χ3v) is 3.43. The number of benzene rings is 1. The van der Waals surface area contributed by atoms with Gasteiger partial charge >= 0.3 is 0 Å². The van der Waals surface area contributed by atoms with Gasteiger partial charge in [0, 0.05) is 12.6 Å². The van der Waals surface area contributed by atoms with Gasteiger partial charge in [0.15, 0.2) is 6.10 Å². The fourth-order valence-corrected chi connectivity index (χ4v) is 2.34. The topological polar surface area (TPSA) is 55.6 Å². The van der Waals surface area contributed by atoms with E-state index in [2.05, 4.69) is 6.92 Å². The number of amides is 1. The van der Waals surface area contributed by atoms with Crippen LogP contribution in [0.15, 0.2) is 18.2 Å². The second-order valence-electron chi connectivity index (χ2n) is 5.02. The van der Waals surface area contributed by atoms with Crippen LogP contribution in [0.5, 0.6) is 5.75 Å². The lowest BCUT2D eigenvalue weighted by molar-refractivity contribution is -0.126. The van der Waals surface area contributed by atoms with E-state index in [1.807, 2.05) is 36.9 Å². The fraction of sp³-hybridized carbons (Fsp3) is 0.533. The molecule has 1 aliphatic rings. The summed E-state index contributed by atoms with van der Waals surface area (Å²) in [7, 11) is 0. The molecule has 0 bridgehead atoms. The Morgan fingerprint density at radius 3 is 2.74 bits per heavy atom. The summed E-state index contributed by atoms with van der Waals surface area (Å²) in [5, 5.41) is 0. The molecule has 2 N–H and O–H groups in total. The van der Waals surface area contributed by atoms with Gasteiger partial charge in [0.2, 0.25) is 0 Å². The van der Waals surface area contributed by atoms with Crippen LogP contribution >= 0.6 is 0 Å². The Kier molecular flexibility index (Phi) is 4.10. The lowest BCUT2D eigenvalue weighted by Crippen LogP contribution is -2.46. The number of hydrogen-bond donors (Lipinski definition) is 1. The second kappa shape index (κ2) is 5.61. The second-order valence-corrected chi connectivity index (χ2v) is 5.02. The van der Waals surface area contributed by atoms with Crippen LogP contribution in [0, 0.1) is 0 Å². The van der Waals surface area contributed by atoms with Gasteiger partial charge in [0.25, 0.3) is 5.91 Å². The molecule has 2 unspecified atom stereocenters. The highest BCUT2D eigenvalue weighted by molar-refractivity contribution is 6.00. The molecule has 2 atom stereocenters. The summed E-state index contributed by atoms with van der Waals surface area (Å²) in [6.07, 6.45) is 1.25. The monoisotopic (exact) mass is 262 g/mol. The summed E-state index contributed by atoms with van der Waals surface area (Å²) in [5.74, 6) is 0.836. The first-order chi connectivity index (χ1) is 9.08. The van der Waals surface area contributed by atoms with Crippen molar-refractivity contribution in [3.63, 3.8) is 0 Å². The van der Waals surface area contributed by atoms with Crippen LogP contribution < -0.4 is 15.4 Å². The number of rotatable bonds is 4. The number of nitrogens with zero attached hydrogens (tertiary/aromatic N) is 1. The van der Waals surface area contributed by atoms with Gasteiger partial charge in [0.05, 0.1) is 5.69 Å². The maximum atomic E-state index is 12.4. The summed E-state index contributed by atoms with van der Waals surface area (Å²) in [6, 6.07) is 5.81. The molecule has 1 amide bonds. The van der Waals surface area contributed by atoms with Gasteiger partial charge in [-0.1, -0.05) is 19.9 Å². The van der Waals surface area contributed by atoms with E-state index in [0.29, 0.717) is 13.0 Å². The number of carbonyl (C=O) groups excluding carboxylic acids is 1. The Balaban J connectivity index is 2.44. The molecule has 4 heteroatoms. The predicted molar refractivity (Wildman–Crippen MR) is 76.4 cm³/mol. The van der Waals surface area contributed by atoms with E-state index in [1.54, 1.807) is 0 Å². The van der Waals surface area contributed by atoms with Gasteiger partial charge in [0.1, 0.15) is 5.75 Å². The molecule has 19 heavy (non-hydrogen) atoms. The zero-order valence-corrected chi connectivity index (χ0v) is 11.8. The first kappa shape index (κ1) is 13.9. The van der Waals surface area contributed by atoms with Crippen molar-refractivity contribution in [3.8, 4) is 5.75 Å². The first-order valence-electron chi connectivity index (χ1n) is 6.96. The van der Waals surface area contributed by atoms with E-state index in [0.717, 1.165) is 23.4 Å². The molecule has 0 fully saturated rings. The van der Waals surface area contributed by atoms with Crippen molar-refractivity contribution in [1.29, 1.82) is 0 Å². The quantitative estimate of drug-likeness (QED) is 0.907. The lowest BCUT2D eigenvalue weighted by Gasteiger charge is -2.34. The standard InChI is InChI=1S/C15H22N2O2/c1-4-8-17-12-9-11(10(3)16)6-7-14(12)19-13(5-2)15(17)18/h6-7,9-10,13H,4-5,8,16H2,1-3H3. The molecule has 4 nitrogen and oxygen atoms in total. The van der Waals surface area contributed by atoms with E-state index < -0.39 is 0 Å². The smallest absolute Gasteiger partial charge is 0.268 e. The maximum Gasteiger partial charge on any atom is 0.268 e. The summed E-state index contributed by atoms with van der Waals surface area (Å²) in [5.41, 5.74) is 7.78. The van der Waals surface area contributed by atoms with E-state index in [-0.39, 0.29) is 18.1 Å². The van der Waals surface area contributed by atoms with E-state index in [1.165, 1.54) is 0 Å². The lowest BCUT2D eigenvalue weighted by atomic mass is 10.0. The fourth-order valence-electron chi connectivity index (χ4n) is 2.34. The zero-order valence-electron chi connectivity index (χ0n) is 11.8. The van der Waals surface area contributed by atoms with Crippen LogP contribution in [0.2, 0.25) is 0 Å². The SMILES string of the molecule is CCCN1C(=O)C(CC)Oc2ccc(C(C)N)cc21. The van der Waals surface area contributed by atoms with Crippen LogP contribution in [0.1, 0.15) is 45.2 Å². The van der Waals surface area contributed by atoms with Gasteiger partial charge < -0.3 is 15.4 Å². The van der Waals surface area contributed by atoms with Gasteiger partial charge in [-0.3, -0.25) is 4.79 Å². The van der Waals surface area contributed by atoms with Crippen molar-refractivity contribution in [2.75, 3.05) is 11.4 Å². The van der Waals surface area contributed by atoms with Crippen LogP contribution in [0.4, 0.5) is 5.69 Å². The molecule has 0 spiro atoms. The predicted octanol–water partition coefficient (Wildman–Crippen LogP) is 2.62. The molecule has 2 rings (SSSR count). The van der Waals surface area contributed by atoms with Gasteiger partial charge in [-0.2, -0.15) is 0 Å². The highest BCUT2D eigenvalue weighted by atomic mass is 16.5. The molecule has 0 saturated carbocycles. The van der Waals surface area contributed by atoms with E-state index >= 15 is 0 Å². The molecule has 0 saturated heterocycles. The Morgan fingerprint density at radius 1 is 1.42 bits per heavy atom. The molecule has 0 radical (unpaired) electrons. The van der Waals surface area contributed by atoms with Crippen molar-refractivity contribution in [2.45, 2.75) is 45.8 Å². The molecule has 0 aromatic heterocycles. The molecular formula is C15H22N2O2. The highest BCUT2D eigenvalue weighted by Gasteiger charge is 2.32. The van der Waals surface area contributed by atoms with Crippen molar-refractivity contribution >= 4 is 11.6 Å². The number of ether oxygens (including phenoxy) is 1. The minimum absolute atomic E-state index is 0.0484. The average Bonchev–Trinajstić information content (AvgIpc) is 2.41. The summed E-state index contributed by atoms with van der Waals surface area (Å²) in [4.78, 5) is 14.2. The van der Waals surface area contributed by atoms with Crippen molar-refractivity contribution in [3.05, 3.63) is 23.8 Å². The highest BCUT2D eigenvalue weighted by Crippen LogP contribution is 2.36. The minimum Gasteiger partial charge on any atom is -0.478 e. The number of fused-ring (bicyclic) bond motifs is 1. The Labute approximate surface area is 114 Å². The van der Waals surface area contributed by atoms with Crippen LogP contribution in [-0.2, 0) is 4.79 Å². The van der Waals surface area contributed by atoms with E-state index in [9.17, 15) is 4.79 Å². The largest absolute Gasteiger partial charge is 0.478 e. The molecule has 0 aliphatic carbocycles. The molecule has 1 heterocycles. The van der Waals surface area contributed by atoms with Gasteiger partial charge in [-0.15, -0.1) is 0 Å². The Morgan fingerprint density at radius 2 is 2.16 bits per heavy atom. The first-order valence-corrected chi connectivity index (χ1v) is 6.96. The number of anilines is 1. The molecule has 1 aromatic rings. The van der Waals surface area contributed by atoms with E-state index in [4.69, 9.17) is 10.5 Å². The van der Waals surface area contributed by atoms with Crippen LogP contribution in [-0.4, -0.2) is 18.6 Å². The summed E-state index contributed by atoms with van der Waals surface area (Å²) >= 11 is 0.